The van der Waals surface area contributed by atoms with Crippen LogP contribution in [0.1, 0.15) is 16.1 Å². The molecule has 0 unspecified atom stereocenters. The molecule has 0 atom stereocenters. The van der Waals surface area contributed by atoms with E-state index in [9.17, 15) is 14.4 Å². The zero-order chi connectivity index (χ0) is 18.1. The van der Waals surface area contributed by atoms with Gasteiger partial charge in [-0.25, -0.2) is 14.6 Å². The summed E-state index contributed by atoms with van der Waals surface area (Å²) in [5.74, 6) is -0.565. The minimum absolute atomic E-state index is 0.183. The molecule has 0 bridgehead atoms. The summed E-state index contributed by atoms with van der Waals surface area (Å²) >= 11 is 5.83. The minimum atomic E-state index is -0.565. The van der Waals surface area contributed by atoms with Crippen molar-refractivity contribution in [1.29, 1.82) is 0 Å². The zero-order valence-corrected chi connectivity index (χ0v) is 14.3. The molecule has 0 spiro atoms. The monoisotopic (exact) mass is 359 g/mol. The quantitative estimate of drug-likeness (QED) is 0.524. The summed E-state index contributed by atoms with van der Waals surface area (Å²) in [6, 6.07) is 9.55. The number of nitrogens with zero attached hydrogens (tertiary/aromatic N) is 3. The molecule has 128 valence electrons. The van der Waals surface area contributed by atoms with Crippen molar-refractivity contribution in [2.24, 2.45) is 14.1 Å². The molecule has 0 aliphatic rings. The second-order valence-corrected chi connectivity index (χ2v) is 5.88. The number of rotatable bonds is 3. The predicted molar refractivity (Wildman–Crippen MR) is 92.8 cm³/mol. The van der Waals surface area contributed by atoms with Gasteiger partial charge in [0.2, 0.25) is 0 Å². The van der Waals surface area contributed by atoms with Gasteiger partial charge in [-0.05, 0) is 30.3 Å². The first-order valence-corrected chi connectivity index (χ1v) is 7.74. The molecule has 3 rings (SSSR count). The van der Waals surface area contributed by atoms with Gasteiger partial charge in [0.05, 0.1) is 16.8 Å². The van der Waals surface area contributed by atoms with Crippen LogP contribution < -0.4 is 11.2 Å². The molecule has 7 nitrogen and oxygen atoms in total. The molecule has 2 heterocycles. The largest absolute Gasteiger partial charge is 0.456 e. The van der Waals surface area contributed by atoms with Gasteiger partial charge < -0.3 is 4.74 Å². The average Bonchev–Trinajstić information content (AvgIpc) is 2.61. The molecule has 0 radical (unpaired) electrons. The predicted octanol–water partition coefficient (Wildman–Crippen LogP) is 1.64. The number of esters is 1. The number of carbonyl (C=O) groups is 1. The lowest BCUT2D eigenvalue weighted by atomic mass is 10.1. The van der Waals surface area contributed by atoms with Crippen molar-refractivity contribution in [3.05, 3.63) is 73.6 Å². The summed E-state index contributed by atoms with van der Waals surface area (Å²) in [4.78, 5) is 39.9. The Hall–Kier alpha value is -2.93. The van der Waals surface area contributed by atoms with Crippen LogP contribution in [-0.4, -0.2) is 20.1 Å². The number of ether oxygens (including phenoxy) is 1. The van der Waals surface area contributed by atoms with Crippen LogP contribution in [0.2, 0.25) is 5.15 Å². The topological polar surface area (TPSA) is 83.2 Å². The first-order chi connectivity index (χ1) is 11.9. The van der Waals surface area contributed by atoms with Crippen LogP contribution in [0.4, 0.5) is 0 Å². The van der Waals surface area contributed by atoms with E-state index >= 15 is 0 Å². The van der Waals surface area contributed by atoms with Crippen LogP contribution >= 0.6 is 11.6 Å². The molecule has 0 aliphatic heterocycles. The van der Waals surface area contributed by atoms with Crippen molar-refractivity contribution in [2.45, 2.75) is 6.61 Å². The van der Waals surface area contributed by atoms with Crippen molar-refractivity contribution in [1.82, 2.24) is 14.1 Å². The van der Waals surface area contributed by atoms with E-state index in [0.717, 1.165) is 9.95 Å². The highest BCUT2D eigenvalue weighted by Gasteiger charge is 2.12. The average molecular weight is 360 g/mol. The van der Waals surface area contributed by atoms with Crippen LogP contribution in [0.5, 0.6) is 0 Å². The van der Waals surface area contributed by atoms with E-state index in [1.807, 2.05) is 0 Å². The Balaban J connectivity index is 1.83. The van der Waals surface area contributed by atoms with Crippen molar-refractivity contribution in [3.8, 4) is 0 Å². The van der Waals surface area contributed by atoms with Crippen LogP contribution in [0.3, 0.4) is 0 Å². The summed E-state index contributed by atoms with van der Waals surface area (Å²) in [6.45, 7) is -0.183. The fraction of sp³-hybridized carbons (Fsp3) is 0.176. The van der Waals surface area contributed by atoms with E-state index in [1.165, 1.54) is 24.7 Å². The molecule has 0 N–H and O–H groups in total. The summed E-state index contributed by atoms with van der Waals surface area (Å²) in [6.07, 6.45) is 0. The van der Waals surface area contributed by atoms with Gasteiger partial charge in [0.1, 0.15) is 11.8 Å². The van der Waals surface area contributed by atoms with Gasteiger partial charge in [-0.3, -0.25) is 13.9 Å². The maximum Gasteiger partial charge on any atom is 0.338 e. The third-order valence-electron chi connectivity index (χ3n) is 3.87. The normalized spacial score (nSPS) is 10.8. The first kappa shape index (κ1) is 16.9. The van der Waals surface area contributed by atoms with E-state index in [1.54, 1.807) is 30.3 Å². The minimum Gasteiger partial charge on any atom is -0.456 e. The van der Waals surface area contributed by atoms with Gasteiger partial charge in [-0.2, -0.15) is 0 Å². The maximum absolute atomic E-state index is 12.2. The smallest absolute Gasteiger partial charge is 0.338 e. The van der Waals surface area contributed by atoms with E-state index in [4.69, 9.17) is 16.3 Å². The highest BCUT2D eigenvalue weighted by Crippen LogP contribution is 2.17. The van der Waals surface area contributed by atoms with Crippen molar-refractivity contribution in [2.75, 3.05) is 0 Å². The Labute approximate surface area is 147 Å². The Morgan fingerprint density at radius 2 is 1.88 bits per heavy atom. The summed E-state index contributed by atoms with van der Waals surface area (Å²) in [5, 5.41) is 1.12. The number of halogens is 1. The van der Waals surface area contributed by atoms with Crippen molar-refractivity contribution >= 4 is 28.5 Å². The van der Waals surface area contributed by atoms with Gasteiger partial charge in [-0.1, -0.05) is 11.6 Å². The van der Waals surface area contributed by atoms with Crippen LogP contribution in [-0.2, 0) is 25.4 Å². The van der Waals surface area contributed by atoms with Gasteiger partial charge in [0.15, 0.2) is 0 Å². The van der Waals surface area contributed by atoms with Crippen LogP contribution in [0, 0.1) is 0 Å². The molecular formula is C17H14ClN3O4. The van der Waals surface area contributed by atoms with E-state index < -0.39 is 17.2 Å². The molecule has 2 aromatic heterocycles. The SMILES string of the molecule is Cn1c(COC(=O)c2ccc3nc(Cl)ccc3c2)cc(=O)n(C)c1=O. The van der Waals surface area contributed by atoms with E-state index in [2.05, 4.69) is 4.98 Å². The van der Waals surface area contributed by atoms with Gasteiger partial charge in [0, 0.05) is 25.5 Å². The summed E-state index contributed by atoms with van der Waals surface area (Å²) < 4.78 is 7.47. The number of benzene rings is 1. The fourth-order valence-electron chi connectivity index (χ4n) is 2.37. The molecular weight excluding hydrogens is 346 g/mol. The lowest BCUT2D eigenvalue weighted by Gasteiger charge is -2.10. The number of carbonyl (C=O) groups excluding carboxylic acids is 1. The maximum atomic E-state index is 12.2. The van der Waals surface area contributed by atoms with Crippen molar-refractivity contribution < 1.29 is 9.53 Å². The Morgan fingerprint density at radius 1 is 1.12 bits per heavy atom. The molecule has 0 amide bonds. The number of hydrogen-bond donors (Lipinski definition) is 0. The van der Waals surface area contributed by atoms with Crippen molar-refractivity contribution in [3.63, 3.8) is 0 Å². The fourth-order valence-corrected chi connectivity index (χ4v) is 2.52. The lowest BCUT2D eigenvalue weighted by molar-refractivity contribution is 0.0463. The third kappa shape index (κ3) is 3.32. The second kappa shape index (κ2) is 6.52. The third-order valence-corrected chi connectivity index (χ3v) is 4.08. The molecule has 1 aromatic carbocycles. The van der Waals surface area contributed by atoms with Crippen LogP contribution in [0.15, 0.2) is 46.0 Å². The zero-order valence-electron chi connectivity index (χ0n) is 13.5. The second-order valence-electron chi connectivity index (χ2n) is 5.49. The lowest BCUT2D eigenvalue weighted by Crippen LogP contribution is -2.38. The molecule has 3 aromatic rings. The summed E-state index contributed by atoms with van der Waals surface area (Å²) in [5.41, 5.74) is 0.383. The highest BCUT2D eigenvalue weighted by atomic mass is 35.5. The molecule has 0 aliphatic carbocycles. The standard InChI is InChI=1S/C17H14ClN3O4/c1-20-12(8-15(22)21(2)17(20)24)9-25-16(23)11-3-5-13-10(7-11)4-6-14(18)19-13/h3-8H,9H2,1-2H3. The highest BCUT2D eigenvalue weighted by molar-refractivity contribution is 6.29. The van der Waals surface area contributed by atoms with Gasteiger partial charge in [-0.15, -0.1) is 0 Å². The number of aromatic nitrogens is 3. The number of hydrogen-bond acceptors (Lipinski definition) is 5. The molecule has 8 heteroatoms. The molecule has 0 saturated heterocycles. The molecule has 25 heavy (non-hydrogen) atoms. The Kier molecular flexibility index (Phi) is 4.41. The Morgan fingerprint density at radius 3 is 2.64 bits per heavy atom. The molecule has 0 saturated carbocycles. The summed E-state index contributed by atoms with van der Waals surface area (Å²) in [7, 11) is 2.90. The Bertz CT molecular complexity index is 1100. The number of pyridine rings is 1. The molecule has 0 fully saturated rings. The van der Waals surface area contributed by atoms with Gasteiger partial charge >= 0.3 is 11.7 Å². The number of fused-ring (bicyclic) bond motifs is 1. The van der Waals surface area contributed by atoms with E-state index in [-0.39, 0.29) is 6.61 Å². The first-order valence-electron chi connectivity index (χ1n) is 7.36. The van der Waals surface area contributed by atoms with Gasteiger partial charge in [0.25, 0.3) is 5.56 Å². The van der Waals surface area contributed by atoms with E-state index in [0.29, 0.717) is 21.9 Å². The van der Waals surface area contributed by atoms with Crippen LogP contribution in [0.25, 0.3) is 10.9 Å².